The van der Waals surface area contributed by atoms with Crippen LogP contribution in [0.15, 0.2) is 48.5 Å². The zero-order valence-electron chi connectivity index (χ0n) is 16.3. The fourth-order valence-electron chi connectivity index (χ4n) is 3.20. The fraction of sp³-hybridized carbons (Fsp3) is 0.364. The van der Waals surface area contributed by atoms with Crippen LogP contribution in [-0.2, 0) is 16.0 Å². The molecule has 1 heterocycles. The third-order valence-electron chi connectivity index (χ3n) is 4.76. The van der Waals surface area contributed by atoms with Gasteiger partial charge in [-0.1, -0.05) is 35.9 Å². The highest BCUT2D eigenvalue weighted by Gasteiger charge is 2.14. The Balaban J connectivity index is 1.50. The first-order valence-electron chi connectivity index (χ1n) is 9.83. The van der Waals surface area contributed by atoms with E-state index >= 15 is 0 Å². The van der Waals surface area contributed by atoms with Crippen molar-refractivity contribution in [2.45, 2.75) is 12.8 Å². The van der Waals surface area contributed by atoms with E-state index in [4.69, 9.17) is 16.3 Å². The average molecular weight is 416 g/mol. The van der Waals surface area contributed by atoms with Crippen LogP contribution in [0.2, 0.25) is 5.02 Å². The van der Waals surface area contributed by atoms with Crippen LogP contribution in [0.5, 0.6) is 0 Å². The number of nitrogens with one attached hydrogen (secondary N) is 2. The Morgan fingerprint density at radius 2 is 1.76 bits per heavy atom. The molecule has 1 aliphatic heterocycles. The Kier molecular flexibility index (Phi) is 8.04. The van der Waals surface area contributed by atoms with Crippen LogP contribution in [0.25, 0.3) is 0 Å². The lowest BCUT2D eigenvalue weighted by Crippen LogP contribution is -2.38. The van der Waals surface area contributed by atoms with Crippen molar-refractivity contribution >= 4 is 29.1 Å². The van der Waals surface area contributed by atoms with Crippen molar-refractivity contribution in [3.8, 4) is 0 Å². The molecule has 6 nitrogen and oxygen atoms in total. The van der Waals surface area contributed by atoms with E-state index in [1.165, 1.54) is 0 Å². The molecule has 2 amide bonds. The summed E-state index contributed by atoms with van der Waals surface area (Å²) < 4.78 is 5.34. The van der Waals surface area contributed by atoms with Crippen LogP contribution in [0.4, 0.5) is 5.69 Å². The van der Waals surface area contributed by atoms with Crippen LogP contribution >= 0.6 is 11.6 Å². The number of morpholine rings is 1. The van der Waals surface area contributed by atoms with Crippen LogP contribution in [0.3, 0.4) is 0 Å². The number of carbonyl (C=O) groups is 2. The van der Waals surface area contributed by atoms with Crippen LogP contribution in [-0.4, -0.2) is 56.1 Å². The summed E-state index contributed by atoms with van der Waals surface area (Å²) in [5.74, 6) is -0.366. The van der Waals surface area contributed by atoms with Gasteiger partial charge in [0.15, 0.2) is 0 Å². The molecule has 0 radical (unpaired) electrons. The maximum absolute atomic E-state index is 12.6. The van der Waals surface area contributed by atoms with Crippen molar-refractivity contribution < 1.29 is 14.3 Å². The average Bonchev–Trinajstić information content (AvgIpc) is 2.74. The van der Waals surface area contributed by atoms with E-state index in [0.717, 1.165) is 44.8 Å². The van der Waals surface area contributed by atoms with E-state index in [9.17, 15) is 9.59 Å². The number of halogens is 1. The summed E-state index contributed by atoms with van der Waals surface area (Å²) in [6, 6.07) is 14.2. The Bertz CT molecular complexity index is 820. The topological polar surface area (TPSA) is 70.7 Å². The summed E-state index contributed by atoms with van der Waals surface area (Å²) in [5, 5.41) is 6.42. The fourth-order valence-corrected chi connectivity index (χ4v) is 3.32. The largest absolute Gasteiger partial charge is 0.379 e. The molecule has 1 aliphatic rings. The normalized spacial score (nSPS) is 14.4. The van der Waals surface area contributed by atoms with Crippen molar-refractivity contribution in [1.29, 1.82) is 0 Å². The van der Waals surface area contributed by atoms with Crippen molar-refractivity contribution in [3.05, 3.63) is 64.7 Å². The molecule has 0 aliphatic carbocycles. The van der Waals surface area contributed by atoms with Crippen LogP contribution in [0, 0.1) is 0 Å². The monoisotopic (exact) mass is 415 g/mol. The number of para-hydroxylation sites is 1. The van der Waals surface area contributed by atoms with E-state index in [1.54, 1.807) is 36.4 Å². The highest BCUT2D eigenvalue weighted by atomic mass is 35.5. The number of nitrogens with zero attached hydrogens (tertiary/aromatic N) is 1. The smallest absolute Gasteiger partial charge is 0.253 e. The first kappa shape index (κ1) is 21.3. The Hall–Kier alpha value is -2.41. The molecule has 0 saturated carbocycles. The summed E-state index contributed by atoms with van der Waals surface area (Å²) in [4.78, 5) is 27.3. The number of hydrogen-bond donors (Lipinski definition) is 2. The molecular weight excluding hydrogens is 390 g/mol. The lowest BCUT2D eigenvalue weighted by Gasteiger charge is -2.26. The van der Waals surface area contributed by atoms with Gasteiger partial charge in [0.25, 0.3) is 5.91 Å². The maximum Gasteiger partial charge on any atom is 0.253 e. The molecule has 1 saturated heterocycles. The lowest BCUT2D eigenvalue weighted by molar-refractivity contribution is -0.115. The van der Waals surface area contributed by atoms with Gasteiger partial charge in [0.2, 0.25) is 5.91 Å². The summed E-state index contributed by atoms with van der Waals surface area (Å²) in [6.45, 7) is 4.95. The second-order valence-corrected chi connectivity index (χ2v) is 7.40. The van der Waals surface area contributed by atoms with Gasteiger partial charge in [-0.05, 0) is 42.8 Å². The molecule has 29 heavy (non-hydrogen) atoms. The molecular formula is C22H26ClN3O3. The predicted octanol–water partition coefficient (Wildman–Crippen LogP) is 2.97. The van der Waals surface area contributed by atoms with E-state index < -0.39 is 0 Å². The molecule has 0 spiro atoms. The molecule has 0 unspecified atom stereocenters. The molecule has 2 aromatic carbocycles. The maximum atomic E-state index is 12.6. The van der Waals surface area contributed by atoms with E-state index in [0.29, 0.717) is 22.8 Å². The first-order valence-corrected chi connectivity index (χ1v) is 10.2. The minimum absolute atomic E-state index is 0.181. The number of carbonyl (C=O) groups excluding carboxylic acids is 2. The highest BCUT2D eigenvalue weighted by molar-refractivity contribution is 6.30. The second-order valence-electron chi connectivity index (χ2n) is 6.96. The first-order chi connectivity index (χ1) is 14.1. The van der Waals surface area contributed by atoms with Gasteiger partial charge in [-0.2, -0.15) is 0 Å². The van der Waals surface area contributed by atoms with Crippen LogP contribution in [0.1, 0.15) is 22.3 Å². The zero-order valence-corrected chi connectivity index (χ0v) is 17.1. The van der Waals surface area contributed by atoms with E-state index in [2.05, 4.69) is 15.5 Å². The van der Waals surface area contributed by atoms with Crippen molar-refractivity contribution in [2.75, 3.05) is 44.7 Å². The molecule has 0 atom stereocenters. The lowest BCUT2D eigenvalue weighted by atomic mass is 10.1. The quantitative estimate of drug-likeness (QED) is 0.650. The molecule has 3 rings (SSSR count). The molecule has 0 aromatic heterocycles. The highest BCUT2D eigenvalue weighted by Crippen LogP contribution is 2.16. The number of anilines is 1. The van der Waals surface area contributed by atoms with Gasteiger partial charge in [-0.3, -0.25) is 14.5 Å². The minimum Gasteiger partial charge on any atom is -0.379 e. The molecule has 0 bridgehead atoms. The summed E-state index contributed by atoms with van der Waals surface area (Å²) >= 11 is 5.88. The molecule has 1 fully saturated rings. The Morgan fingerprint density at radius 1 is 1.03 bits per heavy atom. The number of rotatable bonds is 8. The Morgan fingerprint density at radius 3 is 2.52 bits per heavy atom. The minimum atomic E-state index is -0.186. The standard InChI is InChI=1S/C22H26ClN3O3/c23-18-8-6-17(7-9-18)16-21(27)25-20-5-2-1-4-19(20)22(28)24-10-3-11-26-12-14-29-15-13-26/h1-2,4-9H,3,10-16H2,(H,24,28)(H,25,27). The third-order valence-corrected chi connectivity index (χ3v) is 5.02. The number of benzene rings is 2. The van der Waals surface area contributed by atoms with Gasteiger partial charge < -0.3 is 15.4 Å². The van der Waals surface area contributed by atoms with Gasteiger partial charge in [-0.25, -0.2) is 0 Å². The molecule has 154 valence electrons. The zero-order chi connectivity index (χ0) is 20.5. The summed E-state index contributed by atoms with van der Waals surface area (Å²) in [7, 11) is 0. The van der Waals surface area contributed by atoms with Gasteiger partial charge in [0, 0.05) is 24.7 Å². The van der Waals surface area contributed by atoms with Gasteiger partial charge in [0.05, 0.1) is 30.9 Å². The number of ether oxygens (including phenoxy) is 1. The van der Waals surface area contributed by atoms with Gasteiger partial charge in [0.1, 0.15) is 0 Å². The van der Waals surface area contributed by atoms with Gasteiger partial charge in [-0.15, -0.1) is 0 Å². The van der Waals surface area contributed by atoms with Crippen molar-refractivity contribution in [1.82, 2.24) is 10.2 Å². The van der Waals surface area contributed by atoms with Crippen LogP contribution < -0.4 is 10.6 Å². The molecule has 2 N–H and O–H groups in total. The number of hydrogen-bond acceptors (Lipinski definition) is 4. The second kappa shape index (κ2) is 11.0. The third kappa shape index (κ3) is 6.85. The SMILES string of the molecule is O=C(Cc1ccc(Cl)cc1)Nc1ccccc1C(=O)NCCCN1CCOCC1. The summed E-state index contributed by atoms with van der Waals surface area (Å²) in [5.41, 5.74) is 1.83. The van der Waals surface area contributed by atoms with E-state index in [1.807, 2.05) is 12.1 Å². The summed E-state index contributed by atoms with van der Waals surface area (Å²) in [6.07, 6.45) is 1.09. The van der Waals surface area contributed by atoms with Crippen molar-refractivity contribution in [2.24, 2.45) is 0 Å². The van der Waals surface area contributed by atoms with Gasteiger partial charge >= 0.3 is 0 Å². The molecule has 7 heteroatoms. The van der Waals surface area contributed by atoms with E-state index in [-0.39, 0.29) is 18.2 Å². The predicted molar refractivity (Wildman–Crippen MR) is 114 cm³/mol. The number of amides is 2. The molecule has 2 aromatic rings. The van der Waals surface area contributed by atoms with Crippen molar-refractivity contribution in [3.63, 3.8) is 0 Å². The Labute approximate surface area is 176 Å².